The van der Waals surface area contributed by atoms with Gasteiger partial charge in [-0.1, -0.05) is 39.0 Å². The highest BCUT2D eigenvalue weighted by molar-refractivity contribution is 14.0. The van der Waals surface area contributed by atoms with Crippen LogP contribution in [0.2, 0.25) is 0 Å². The molecule has 0 saturated heterocycles. The number of aliphatic imine (C=N–C) groups is 1. The van der Waals surface area contributed by atoms with E-state index < -0.39 is 0 Å². The first-order valence-electron chi connectivity index (χ1n) is 10.0. The van der Waals surface area contributed by atoms with Crippen LogP contribution < -0.4 is 10.6 Å². The van der Waals surface area contributed by atoms with E-state index >= 15 is 0 Å². The molecule has 1 aromatic rings. The SMILES string of the molecule is Cc1nnc(CN=C(NC2CCCCC2)NC2CCCC(C)C2)n1C.I. The summed E-state index contributed by atoms with van der Waals surface area (Å²) in [4.78, 5) is 4.85. The molecule has 0 spiro atoms. The van der Waals surface area contributed by atoms with Gasteiger partial charge in [0.25, 0.3) is 0 Å². The molecule has 0 radical (unpaired) electrons. The van der Waals surface area contributed by atoms with Gasteiger partial charge in [0.15, 0.2) is 11.8 Å². The van der Waals surface area contributed by atoms with Crippen molar-refractivity contribution in [3.8, 4) is 0 Å². The first kappa shape index (κ1) is 21.4. The molecule has 2 saturated carbocycles. The lowest BCUT2D eigenvalue weighted by molar-refractivity contribution is 0.321. The van der Waals surface area contributed by atoms with Crippen molar-refractivity contribution in [1.82, 2.24) is 25.4 Å². The standard InChI is InChI=1S/C19H34N6.HI/c1-14-8-7-11-17(12-14)22-19(21-16-9-5-4-6-10-16)20-13-18-24-23-15(2)25(18)3;/h14,16-17H,4-13H2,1-3H3,(H2,20,21,22);1H. The molecule has 2 atom stereocenters. The topological polar surface area (TPSA) is 67.1 Å². The molecule has 2 unspecified atom stereocenters. The fourth-order valence-corrected chi connectivity index (χ4v) is 4.07. The number of nitrogens with zero attached hydrogens (tertiary/aromatic N) is 4. The molecular weight excluding hydrogens is 439 g/mol. The van der Waals surface area contributed by atoms with Crippen LogP contribution in [0.4, 0.5) is 0 Å². The Balaban J connectivity index is 0.00000243. The van der Waals surface area contributed by atoms with Crippen LogP contribution >= 0.6 is 24.0 Å². The molecule has 0 bridgehead atoms. The summed E-state index contributed by atoms with van der Waals surface area (Å²) in [5, 5.41) is 15.8. The maximum Gasteiger partial charge on any atom is 0.192 e. The fraction of sp³-hybridized carbons (Fsp3) is 0.842. The lowest BCUT2D eigenvalue weighted by atomic mass is 9.87. The first-order chi connectivity index (χ1) is 12.1. The predicted molar refractivity (Wildman–Crippen MR) is 117 cm³/mol. The minimum absolute atomic E-state index is 0. The maximum absolute atomic E-state index is 4.85. The van der Waals surface area contributed by atoms with Crippen molar-refractivity contribution in [3.63, 3.8) is 0 Å². The van der Waals surface area contributed by atoms with E-state index in [4.69, 9.17) is 4.99 Å². The molecule has 1 heterocycles. The Morgan fingerprint density at radius 3 is 2.38 bits per heavy atom. The van der Waals surface area contributed by atoms with Crippen LogP contribution in [0, 0.1) is 12.8 Å². The van der Waals surface area contributed by atoms with Gasteiger partial charge in [-0.25, -0.2) is 4.99 Å². The quantitative estimate of drug-likeness (QED) is 0.397. The largest absolute Gasteiger partial charge is 0.354 e. The predicted octanol–water partition coefficient (Wildman–Crippen LogP) is 3.69. The summed E-state index contributed by atoms with van der Waals surface area (Å²) in [5.41, 5.74) is 0. The zero-order chi connectivity index (χ0) is 17.6. The second kappa shape index (κ2) is 10.5. The summed E-state index contributed by atoms with van der Waals surface area (Å²) < 4.78 is 2.02. The molecule has 1 aromatic heterocycles. The van der Waals surface area contributed by atoms with Crippen LogP contribution in [0.1, 0.15) is 76.4 Å². The van der Waals surface area contributed by atoms with E-state index in [-0.39, 0.29) is 24.0 Å². The van der Waals surface area contributed by atoms with E-state index in [1.807, 2.05) is 18.5 Å². The van der Waals surface area contributed by atoms with Crippen LogP contribution in [0.25, 0.3) is 0 Å². The zero-order valence-corrected chi connectivity index (χ0v) is 18.8. The van der Waals surface area contributed by atoms with Gasteiger partial charge in [0.2, 0.25) is 0 Å². The minimum Gasteiger partial charge on any atom is -0.354 e. The summed E-state index contributed by atoms with van der Waals surface area (Å²) in [7, 11) is 2.00. The van der Waals surface area contributed by atoms with Gasteiger partial charge in [0, 0.05) is 19.1 Å². The number of nitrogens with one attached hydrogen (secondary N) is 2. The lowest BCUT2D eigenvalue weighted by Gasteiger charge is -2.31. The Kier molecular flexibility index (Phi) is 8.63. The first-order valence-corrected chi connectivity index (χ1v) is 10.0. The molecule has 7 heteroatoms. The van der Waals surface area contributed by atoms with Crippen molar-refractivity contribution in [2.45, 2.75) is 90.3 Å². The molecule has 2 aliphatic carbocycles. The molecular formula is C19H35IN6. The van der Waals surface area contributed by atoms with Gasteiger partial charge in [-0.2, -0.15) is 0 Å². The van der Waals surface area contributed by atoms with Gasteiger partial charge in [-0.3, -0.25) is 0 Å². The molecule has 3 rings (SSSR count). The second-order valence-electron chi connectivity index (χ2n) is 7.98. The van der Waals surface area contributed by atoms with E-state index in [9.17, 15) is 0 Å². The summed E-state index contributed by atoms with van der Waals surface area (Å²) in [6.45, 7) is 4.91. The Morgan fingerprint density at radius 1 is 1.04 bits per heavy atom. The van der Waals surface area contributed by atoms with Crippen molar-refractivity contribution >= 4 is 29.9 Å². The smallest absolute Gasteiger partial charge is 0.192 e. The average Bonchev–Trinajstić information content (AvgIpc) is 2.92. The van der Waals surface area contributed by atoms with Gasteiger partial charge < -0.3 is 15.2 Å². The highest BCUT2D eigenvalue weighted by Crippen LogP contribution is 2.23. The van der Waals surface area contributed by atoms with Crippen molar-refractivity contribution in [3.05, 3.63) is 11.6 Å². The van der Waals surface area contributed by atoms with Gasteiger partial charge in [0.1, 0.15) is 12.4 Å². The van der Waals surface area contributed by atoms with Crippen molar-refractivity contribution in [2.75, 3.05) is 0 Å². The molecule has 0 aliphatic heterocycles. The third kappa shape index (κ3) is 6.09. The molecule has 0 amide bonds. The van der Waals surface area contributed by atoms with Crippen molar-refractivity contribution in [1.29, 1.82) is 0 Å². The number of hydrogen-bond donors (Lipinski definition) is 2. The highest BCUT2D eigenvalue weighted by Gasteiger charge is 2.21. The van der Waals surface area contributed by atoms with Crippen molar-refractivity contribution < 1.29 is 0 Å². The monoisotopic (exact) mass is 474 g/mol. The van der Waals surface area contributed by atoms with E-state index in [2.05, 4.69) is 27.8 Å². The molecule has 2 N–H and O–H groups in total. The van der Waals surface area contributed by atoms with Crippen LogP contribution in [0.3, 0.4) is 0 Å². The summed E-state index contributed by atoms with van der Waals surface area (Å²) in [6.07, 6.45) is 11.7. The van der Waals surface area contributed by atoms with E-state index in [0.29, 0.717) is 18.6 Å². The fourth-order valence-electron chi connectivity index (χ4n) is 4.07. The Morgan fingerprint density at radius 2 is 1.73 bits per heavy atom. The summed E-state index contributed by atoms with van der Waals surface area (Å²) >= 11 is 0. The van der Waals surface area contributed by atoms with Gasteiger partial charge in [-0.05, 0) is 38.5 Å². The van der Waals surface area contributed by atoms with Gasteiger partial charge in [0.05, 0.1) is 0 Å². The van der Waals surface area contributed by atoms with E-state index in [0.717, 1.165) is 23.5 Å². The van der Waals surface area contributed by atoms with Gasteiger partial charge >= 0.3 is 0 Å². The number of rotatable bonds is 4. The average molecular weight is 474 g/mol. The maximum atomic E-state index is 4.85. The molecule has 2 aliphatic rings. The minimum atomic E-state index is 0. The molecule has 6 nitrogen and oxygen atoms in total. The Bertz CT molecular complexity index is 579. The second-order valence-corrected chi connectivity index (χ2v) is 7.98. The number of hydrogen-bond acceptors (Lipinski definition) is 3. The number of aryl methyl sites for hydroxylation is 1. The van der Waals surface area contributed by atoms with Crippen LogP contribution in [0.5, 0.6) is 0 Å². The molecule has 26 heavy (non-hydrogen) atoms. The Labute approximate surface area is 175 Å². The zero-order valence-electron chi connectivity index (χ0n) is 16.5. The van der Waals surface area contributed by atoms with E-state index in [1.165, 1.54) is 57.8 Å². The van der Waals surface area contributed by atoms with Gasteiger partial charge in [-0.15, -0.1) is 34.2 Å². The molecule has 2 fully saturated rings. The summed E-state index contributed by atoms with van der Waals surface area (Å²) in [6, 6.07) is 1.10. The summed E-state index contributed by atoms with van der Waals surface area (Å²) in [5.74, 6) is 3.62. The van der Waals surface area contributed by atoms with Crippen LogP contribution in [0.15, 0.2) is 4.99 Å². The third-order valence-electron chi connectivity index (χ3n) is 5.78. The normalized spacial score (nSPS) is 24.8. The molecule has 0 aromatic carbocycles. The van der Waals surface area contributed by atoms with Crippen LogP contribution in [-0.4, -0.2) is 32.8 Å². The Hall–Kier alpha value is -0.860. The number of halogens is 1. The third-order valence-corrected chi connectivity index (χ3v) is 5.78. The highest BCUT2D eigenvalue weighted by atomic mass is 127. The number of aromatic nitrogens is 3. The lowest BCUT2D eigenvalue weighted by Crippen LogP contribution is -2.49. The van der Waals surface area contributed by atoms with E-state index in [1.54, 1.807) is 0 Å². The molecule has 148 valence electrons. The van der Waals surface area contributed by atoms with Crippen LogP contribution in [-0.2, 0) is 13.6 Å². The van der Waals surface area contributed by atoms with Crippen molar-refractivity contribution in [2.24, 2.45) is 18.0 Å². The number of guanidine groups is 1.